The molecule has 1 nitrogen and oxygen atoms in total. The highest BCUT2D eigenvalue weighted by molar-refractivity contribution is 6.48. The maximum absolute atomic E-state index is 12.3. The van der Waals surface area contributed by atoms with Gasteiger partial charge in [0.25, 0.3) is 0 Å². The van der Waals surface area contributed by atoms with E-state index in [9.17, 15) is 26.3 Å². The Labute approximate surface area is 99.2 Å². The van der Waals surface area contributed by atoms with Gasteiger partial charge in [-0.15, -0.1) is 0 Å². The minimum atomic E-state index is -5.42. The molecule has 15 heavy (non-hydrogen) atoms. The summed E-state index contributed by atoms with van der Waals surface area (Å²) in [4.78, 5) is 0. The molecule has 0 aliphatic heterocycles. The lowest BCUT2D eigenvalue weighted by molar-refractivity contribution is -0.401. The number of hydrogen-bond donors (Lipinski definition) is 0. The molecule has 0 aromatic rings. The Balaban J connectivity index is 4.89. The number of alkyl halides is 10. The van der Waals surface area contributed by atoms with Crippen LogP contribution in [0.3, 0.4) is 0 Å². The van der Waals surface area contributed by atoms with E-state index >= 15 is 0 Å². The van der Waals surface area contributed by atoms with Crippen LogP contribution >= 0.6 is 46.4 Å². The van der Waals surface area contributed by atoms with Gasteiger partial charge in [0, 0.05) is 0 Å². The first-order valence-electron chi connectivity index (χ1n) is 2.80. The highest BCUT2D eigenvalue weighted by atomic mass is 35.5. The molecule has 0 spiro atoms. The first-order chi connectivity index (χ1) is 6.21. The second kappa shape index (κ2) is 4.18. The number of ether oxygens (including phenoxy) is 1. The van der Waals surface area contributed by atoms with Gasteiger partial charge < -0.3 is 0 Å². The quantitative estimate of drug-likeness (QED) is 0.551. The van der Waals surface area contributed by atoms with Crippen LogP contribution in [0.4, 0.5) is 26.3 Å². The normalized spacial score (nSPS) is 15.6. The number of rotatable bonds is 4. The molecule has 0 unspecified atom stereocenters. The third-order valence-corrected chi connectivity index (χ3v) is 1.80. The summed E-state index contributed by atoms with van der Waals surface area (Å²) >= 11 is 16.7. The van der Waals surface area contributed by atoms with Gasteiger partial charge >= 0.3 is 21.4 Å². The van der Waals surface area contributed by atoms with Crippen molar-refractivity contribution in [3.8, 4) is 0 Å². The maximum Gasteiger partial charge on any atom is 0.423 e. The van der Waals surface area contributed by atoms with Crippen molar-refractivity contribution in [2.45, 2.75) is 21.4 Å². The monoisotopic (exact) mass is 318 g/mol. The Morgan fingerprint density at radius 3 is 0.933 bits per heavy atom. The standard InChI is InChI=1S/C4Cl4F6O/c5-1(6,9)3(11,12)15-4(13,14)2(7,8)10. The second-order valence-electron chi connectivity index (χ2n) is 2.13. The minimum Gasteiger partial charge on any atom is -0.246 e. The summed E-state index contributed by atoms with van der Waals surface area (Å²) in [6, 6.07) is 0. The summed E-state index contributed by atoms with van der Waals surface area (Å²) in [5, 5.41) is 0. The third-order valence-electron chi connectivity index (χ3n) is 0.916. The summed E-state index contributed by atoms with van der Waals surface area (Å²) in [7, 11) is 0. The van der Waals surface area contributed by atoms with Crippen molar-refractivity contribution in [1.29, 1.82) is 0 Å². The molecule has 0 aromatic carbocycles. The van der Waals surface area contributed by atoms with E-state index in [-0.39, 0.29) is 0 Å². The molecule has 0 saturated carbocycles. The fraction of sp³-hybridized carbons (Fsp3) is 1.00. The Morgan fingerprint density at radius 1 is 0.600 bits per heavy atom. The molecular formula is C4Cl4F6O. The average Bonchev–Trinajstić information content (AvgIpc) is 1.77. The predicted octanol–water partition coefficient (Wildman–Crippen LogP) is 4.39. The van der Waals surface area contributed by atoms with Crippen LogP contribution in [0, 0.1) is 0 Å². The Morgan fingerprint density at radius 2 is 0.800 bits per heavy atom. The van der Waals surface area contributed by atoms with E-state index < -0.39 is 21.4 Å². The summed E-state index contributed by atoms with van der Waals surface area (Å²) in [6.07, 6.45) is -10.8. The molecule has 0 amide bonds. The molecule has 0 aromatic heterocycles. The van der Waals surface area contributed by atoms with Crippen molar-refractivity contribution < 1.29 is 31.1 Å². The second-order valence-corrected chi connectivity index (χ2v) is 4.60. The van der Waals surface area contributed by atoms with Crippen LogP contribution < -0.4 is 0 Å². The van der Waals surface area contributed by atoms with Gasteiger partial charge in [-0.25, -0.2) is 4.74 Å². The van der Waals surface area contributed by atoms with Gasteiger partial charge in [0.2, 0.25) is 0 Å². The first-order valence-corrected chi connectivity index (χ1v) is 4.31. The molecule has 0 bridgehead atoms. The zero-order valence-corrected chi connectivity index (χ0v) is 9.21. The predicted molar refractivity (Wildman–Crippen MR) is 42.1 cm³/mol. The van der Waals surface area contributed by atoms with Gasteiger partial charge in [-0.05, 0) is 0 Å². The molecule has 0 rings (SSSR count). The molecule has 0 atom stereocenters. The van der Waals surface area contributed by atoms with E-state index in [2.05, 4.69) is 51.1 Å². The van der Waals surface area contributed by atoms with E-state index in [0.29, 0.717) is 0 Å². The Kier molecular flexibility index (Phi) is 4.37. The van der Waals surface area contributed by atoms with E-state index in [1.54, 1.807) is 0 Å². The summed E-state index contributed by atoms with van der Waals surface area (Å²) in [5.41, 5.74) is 0. The molecule has 0 N–H and O–H groups in total. The topological polar surface area (TPSA) is 9.23 Å². The molecule has 0 aliphatic rings. The van der Waals surface area contributed by atoms with E-state index in [4.69, 9.17) is 0 Å². The molecule has 11 heteroatoms. The van der Waals surface area contributed by atoms with Crippen molar-refractivity contribution in [2.24, 2.45) is 0 Å². The van der Waals surface area contributed by atoms with E-state index in [1.165, 1.54) is 0 Å². The van der Waals surface area contributed by atoms with Crippen molar-refractivity contribution in [3.05, 3.63) is 0 Å². The maximum atomic E-state index is 12.3. The van der Waals surface area contributed by atoms with Crippen LogP contribution in [-0.4, -0.2) is 21.4 Å². The zero-order valence-electron chi connectivity index (χ0n) is 6.19. The summed E-state index contributed by atoms with van der Waals surface area (Å²) < 4.78 is 67.1. The average molecular weight is 320 g/mol. The van der Waals surface area contributed by atoms with Crippen LogP contribution in [0.5, 0.6) is 0 Å². The highest BCUT2D eigenvalue weighted by Gasteiger charge is 2.66. The highest BCUT2D eigenvalue weighted by Crippen LogP contribution is 2.49. The van der Waals surface area contributed by atoms with Gasteiger partial charge in [0.05, 0.1) is 0 Å². The molecule has 0 aliphatic carbocycles. The van der Waals surface area contributed by atoms with Crippen molar-refractivity contribution in [2.75, 3.05) is 0 Å². The van der Waals surface area contributed by atoms with Crippen molar-refractivity contribution >= 4 is 46.4 Å². The van der Waals surface area contributed by atoms with Gasteiger partial charge in [0.15, 0.2) is 0 Å². The van der Waals surface area contributed by atoms with Crippen molar-refractivity contribution in [1.82, 2.24) is 0 Å². The smallest absolute Gasteiger partial charge is 0.246 e. The third kappa shape index (κ3) is 3.89. The molecule has 92 valence electrons. The first kappa shape index (κ1) is 15.7. The van der Waals surface area contributed by atoms with Crippen LogP contribution in [0.15, 0.2) is 0 Å². The summed E-state index contributed by atoms with van der Waals surface area (Å²) in [5.74, 6) is 0. The molecule has 0 saturated heterocycles. The Bertz CT molecular complexity index is 208. The van der Waals surface area contributed by atoms with Gasteiger partial charge in [-0.1, -0.05) is 46.4 Å². The van der Waals surface area contributed by atoms with Gasteiger partial charge in [-0.2, -0.15) is 26.3 Å². The zero-order chi connectivity index (χ0) is 12.7. The Hall–Kier alpha value is 0.700. The molecule has 0 fully saturated rings. The van der Waals surface area contributed by atoms with Crippen LogP contribution in [0.2, 0.25) is 0 Å². The molecular weight excluding hydrogens is 320 g/mol. The molecule has 0 heterocycles. The minimum absolute atomic E-state index is 2.41. The van der Waals surface area contributed by atoms with Crippen LogP contribution in [-0.2, 0) is 4.74 Å². The van der Waals surface area contributed by atoms with Crippen molar-refractivity contribution in [3.63, 3.8) is 0 Å². The van der Waals surface area contributed by atoms with Crippen LogP contribution in [0.25, 0.3) is 0 Å². The van der Waals surface area contributed by atoms with Gasteiger partial charge in [-0.3, -0.25) is 0 Å². The molecule has 0 radical (unpaired) electrons. The van der Waals surface area contributed by atoms with E-state index in [0.717, 1.165) is 0 Å². The van der Waals surface area contributed by atoms with Gasteiger partial charge in [0.1, 0.15) is 0 Å². The fourth-order valence-corrected chi connectivity index (χ4v) is 0.431. The fourth-order valence-electron chi connectivity index (χ4n) is 0.277. The lowest BCUT2D eigenvalue weighted by atomic mass is 10.6. The number of halogens is 10. The lowest BCUT2D eigenvalue weighted by Gasteiger charge is -2.29. The summed E-state index contributed by atoms with van der Waals surface area (Å²) in [6.45, 7) is 0. The SMILES string of the molecule is FC(Cl)(Cl)C(F)(F)OC(F)(F)C(F)(Cl)Cl. The lowest BCUT2D eigenvalue weighted by Crippen LogP contribution is -2.48. The van der Waals surface area contributed by atoms with E-state index in [1.807, 2.05) is 0 Å². The largest absolute Gasteiger partial charge is 0.423 e. The van der Waals surface area contributed by atoms with Crippen LogP contribution in [0.1, 0.15) is 0 Å². The number of hydrogen-bond acceptors (Lipinski definition) is 1.